The van der Waals surface area contributed by atoms with Gasteiger partial charge in [-0.2, -0.15) is 0 Å². The van der Waals surface area contributed by atoms with Crippen LogP contribution in [0.2, 0.25) is 0 Å². The van der Waals surface area contributed by atoms with Gasteiger partial charge in [-0.1, -0.05) is 49.8 Å². The van der Waals surface area contributed by atoms with Gasteiger partial charge >= 0.3 is 0 Å². The lowest BCUT2D eigenvalue weighted by Crippen LogP contribution is -2.44. The van der Waals surface area contributed by atoms with Crippen molar-refractivity contribution in [3.63, 3.8) is 0 Å². The molecule has 0 aromatic rings. The van der Waals surface area contributed by atoms with Gasteiger partial charge in [-0.15, -0.1) is 0 Å². The van der Waals surface area contributed by atoms with Crippen LogP contribution in [0.4, 0.5) is 0 Å². The van der Waals surface area contributed by atoms with Gasteiger partial charge < -0.3 is 5.73 Å². The highest BCUT2D eigenvalue weighted by molar-refractivity contribution is 6.02. The third-order valence-corrected chi connectivity index (χ3v) is 5.13. The summed E-state index contributed by atoms with van der Waals surface area (Å²) >= 11 is 0. The first-order chi connectivity index (χ1) is 12.5. The molecule has 1 rings (SSSR count). The van der Waals surface area contributed by atoms with Crippen LogP contribution in [0.3, 0.4) is 0 Å². The zero-order valence-corrected chi connectivity index (χ0v) is 17.2. The maximum Gasteiger partial charge on any atom is 0.159 e. The predicted octanol–water partition coefficient (Wildman–Crippen LogP) is 4.04. The highest BCUT2D eigenvalue weighted by Crippen LogP contribution is 2.44. The molecule has 0 radical (unpaired) electrons. The Morgan fingerprint density at radius 2 is 1.78 bits per heavy atom. The quantitative estimate of drug-likeness (QED) is 0.417. The third-order valence-electron chi connectivity index (χ3n) is 5.13. The normalized spacial score (nSPS) is 22.6. The van der Waals surface area contributed by atoms with Crippen LogP contribution in [0.25, 0.3) is 0 Å². The summed E-state index contributed by atoms with van der Waals surface area (Å²) < 4.78 is 0. The number of nitrogens with two attached hydrogens (primary N) is 1. The monoisotopic (exact) mass is 369 g/mol. The molecule has 2 atom stereocenters. The number of allylic oxidation sites excluding steroid dienone is 10. The van der Waals surface area contributed by atoms with Gasteiger partial charge in [0.25, 0.3) is 0 Å². The minimum absolute atomic E-state index is 0.00382. The topological polar surface area (TPSA) is 77.2 Å². The van der Waals surface area contributed by atoms with Gasteiger partial charge in [-0.05, 0) is 50.5 Å². The number of ketones is 2. The van der Waals surface area contributed by atoms with Crippen LogP contribution in [0.5, 0.6) is 0 Å². The van der Waals surface area contributed by atoms with Gasteiger partial charge in [-0.3, -0.25) is 14.4 Å². The van der Waals surface area contributed by atoms with Crippen LogP contribution in [-0.4, -0.2) is 23.9 Å². The Labute approximate surface area is 162 Å². The fourth-order valence-electron chi connectivity index (χ4n) is 3.31. The molecule has 1 unspecified atom stereocenters. The molecule has 0 fully saturated rings. The SMILES string of the molecule is CC1=C(/C=C/C(C)=C/C=C/C(C)=C/C=O)C(C)(C)C(C(=O)[C@H](C)N)CC1=O. The zero-order valence-electron chi connectivity index (χ0n) is 17.2. The Kier molecular flexibility index (Phi) is 8.04. The van der Waals surface area contributed by atoms with Gasteiger partial charge in [0.15, 0.2) is 11.6 Å². The van der Waals surface area contributed by atoms with Crippen molar-refractivity contribution in [3.8, 4) is 0 Å². The second kappa shape index (κ2) is 9.56. The maximum atomic E-state index is 12.5. The van der Waals surface area contributed by atoms with Gasteiger partial charge in [-0.25, -0.2) is 0 Å². The molecule has 0 saturated carbocycles. The predicted molar refractivity (Wildman–Crippen MR) is 110 cm³/mol. The highest BCUT2D eigenvalue weighted by atomic mass is 16.1. The number of rotatable bonds is 7. The molecule has 0 spiro atoms. The van der Waals surface area contributed by atoms with E-state index in [1.165, 1.54) is 6.08 Å². The van der Waals surface area contributed by atoms with Crippen molar-refractivity contribution in [3.05, 3.63) is 58.7 Å². The van der Waals surface area contributed by atoms with Crippen LogP contribution >= 0.6 is 0 Å². The molecule has 27 heavy (non-hydrogen) atoms. The van der Waals surface area contributed by atoms with E-state index in [0.717, 1.165) is 23.0 Å². The minimum Gasteiger partial charge on any atom is -0.322 e. The standard InChI is InChI=1S/C23H31NO3/c1-15(8-7-9-16(2)12-13-25)10-11-19-17(3)21(26)14-20(23(19,5)6)22(27)18(4)24/h7-13,18,20H,14,24H2,1-6H3/b9-7+,11-10+,15-8+,16-12+/t18-,20?/m0/s1. The Morgan fingerprint density at radius 1 is 1.19 bits per heavy atom. The number of aldehydes is 1. The van der Waals surface area contributed by atoms with Gasteiger partial charge in [0, 0.05) is 17.8 Å². The summed E-state index contributed by atoms with van der Waals surface area (Å²) in [6, 6.07) is -0.583. The first kappa shape index (κ1) is 22.7. The maximum absolute atomic E-state index is 12.5. The van der Waals surface area contributed by atoms with Crippen LogP contribution in [0.1, 0.15) is 48.0 Å². The highest BCUT2D eigenvalue weighted by Gasteiger charge is 2.44. The molecule has 0 bridgehead atoms. The van der Waals surface area contributed by atoms with Gasteiger partial charge in [0.05, 0.1) is 6.04 Å². The average Bonchev–Trinajstić information content (AvgIpc) is 2.57. The second-order valence-electron chi connectivity index (χ2n) is 7.78. The lowest BCUT2D eigenvalue weighted by Gasteiger charge is -2.40. The lowest BCUT2D eigenvalue weighted by atomic mass is 9.63. The average molecular weight is 370 g/mol. The molecule has 146 valence electrons. The summed E-state index contributed by atoms with van der Waals surface area (Å²) in [5.41, 5.74) is 8.79. The van der Waals surface area contributed by atoms with Crippen molar-refractivity contribution in [2.75, 3.05) is 0 Å². The second-order valence-corrected chi connectivity index (χ2v) is 7.78. The van der Waals surface area contributed by atoms with Crippen molar-refractivity contribution in [2.24, 2.45) is 17.1 Å². The van der Waals surface area contributed by atoms with Gasteiger partial charge in [0.1, 0.15) is 6.29 Å². The van der Waals surface area contributed by atoms with Crippen molar-refractivity contribution in [2.45, 2.75) is 54.0 Å². The summed E-state index contributed by atoms with van der Waals surface area (Å²) in [7, 11) is 0. The Morgan fingerprint density at radius 3 is 2.33 bits per heavy atom. The summed E-state index contributed by atoms with van der Waals surface area (Å²) in [5.74, 6) is -0.475. The van der Waals surface area contributed by atoms with E-state index in [1.807, 2.05) is 65.0 Å². The van der Waals surface area contributed by atoms with Crippen LogP contribution in [0, 0.1) is 11.3 Å². The van der Waals surface area contributed by atoms with E-state index in [9.17, 15) is 14.4 Å². The lowest BCUT2D eigenvalue weighted by molar-refractivity contribution is -0.131. The van der Waals surface area contributed by atoms with E-state index in [1.54, 1.807) is 6.92 Å². The van der Waals surface area contributed by atoms with E-state index in [0.29, 0.717) is 5.57 Å². The van der Waals surface area contributed by atoms with Crippen molar-refractivity contribution < 1.29 is 14.4 Å². The van der Waals surface area contributed by atoms with Crippen molar-refractivity contribution in [1.29, 1.82) is 0 Å². The van der Waals surface area contributed by atoms with E-state index < -0.39 is 17.4 Å². The first-order valence-electron chi connectivity index (χ1n) is 9.21. The molecule has 4 heteroatoms. The smallest absolute Gasteiger partial charge is 0.159 e. The molecule has 4 nitrogen and oxygen atoms in total. The molecule has 0 aromatic heterocycles. The summed E-state index contributed by atoms with van der Waals surface area (Å²) in [4.78, 5) is 35.4. The molecule has 0 aromatic carbocycles. The number of hydrogen-bond acceptors (Lipinski definition) is 4. The fourth-order valence-corrected chi connectivity index (χ4v) is 3.31. The molecular weight excluding hydrogens is 338 g/mol. The summed E-state index contributed by atoms with van der Waals surface area (Å²) in [5, 5.41) is 0. The van der Waals surface area contributed by atoms with Crippen molar-refractivity contribution >= 4 is 17.9 Å². The molecule has 0 heterocycles. The number of Topliss-reactive ketones (excluding diaryl/α,β-unsaturated/α-hetero) is 2. The zero-order chi connectivity index (χ0) is 20.8. The molecule has 2 N–H and O–H groups in total. The largest absolute Gasteiger partial charge is 0.322 e. The Balaban J connectivity index is 3.15. The number of hydrogen-bond donors (Lipinski definition) is 1. The molecule has 0 aliphatic heterocycles. The Hall–Kier alpha value is -2.33. The molecule has 0 saturated heterocycles. The van der Waals surface area contributed by atoms with Gasteiger partial charge in [0.2, 0.25) is 0 Å². The van der Waals surface area contributed by atoms with Crippen LogP contribution in [0.15, 0.2) is 58.7 Å². The first-order valence-corrected chi connectivity index (χ1v) is 9.21. The molecule has 1 aliphatic rings. The molecular formula is C23H31NO3. The van der Waals surface area contributed by atoms with Crippen LogP contribution in [-0.2, 0) is 14.4 Å². The van der Waals surface area contributed by atoms with E-state index in [4.69, 9.17) is 5.73 Å². The number of carbonyl (C=O) groups is 3. The molecule has 0 amide bonds. The third kappa shape index (κ3) is 5.83. The van der Waals surface area contributed by atoms with E-state index in [-0.39, 0.29) is 18.0 Å². The summed E-state index contributed by atoms with van der Waals surface area (Å²) in [6.45, 7) is 11.3. The van der Waals surface area contributed by atoms with Crippen molar-refractivity contribution in [1.82, 2.24) is 0 Å². The minimum atomic E-state index is -0.583. The summed E-state index contributed by atoms with van der Waals surface area (Å²) in [6.07, 6.45) is 12.0. The fraction of sp³-hybridized carbons (Fsp3) is 0.435. The van der Waals surface area contributed by atoms with E-state index >= 15 is 0 Å². The molecule has 1 aliphatic carbocycles. The van der Waals surface area contributed by atoms with Crippen LogP contribution < -0.4 is 5.73 Å². The Bertz CT molecular complexity index is 758. The number of carbonyl (C=O) groups excluding carboxylic acids is 3. The van der Waals surface area contributed by atoms with E-state index in [2.05, 4.69) is 0 Å².